The third-order valence-electron chi connectivity index (χ3n) is 2.79. The molecule has 1 nitrogen and oxygen atoms in total. The maximum atomic E-state index is 13.2. The van der Waals surface area contributed by atoms with Gasteiger partial charge >= 0.3 is 0 Å². The second-order valence-corrected chi connectivity index (χ2v) is 7.40. The van der Waals surface area contributed by atoms with Gasteiger partial charge in [0.2, 0.25) is 0 Å². The number of benzene rings is 1. The minimum absolute atomic E-state index is 0.0597. The Morgan fingerprint density at radius 2 is 2.12 bits per heavy atom. The molecule has 1 fully saturated rings. The van der Waals surface area contributed by atoms with Gasteiger partial charge in [-0.3, -0.25) is 0 Å². The maximum absolute atomic E-state index is 13.2. The fourth-order valence-corrected chi connectivity index (χ4v) is 4.03. The topological polar surface area (TPSA) is 9.23 Å². The van der Waals surface area contributed by atoms with Crippen molar-refractivity contribution in [1.29, 1.82) is 0 Å². The zero-order valence-electron chi connectivity index (χ0n) is 9.74. The number of ether oxygens (including phenoxy) is 1. The molecule has 3 unspecified atom stereocenters. The molecule has 0 radical (unpaired) electrons. The van der Waals surface area contributed by atoms with E-state index in [-0.39, 0.29) is 9.41 Å². The minimum atomic E-state index is -0.743. The maximum Gasteiger partial charge on any atom is 0.123 e. The molecule has 4 heteroatoms. The molecule has 0 aliphatic carbocycles. The predicted molar refractivity (Wildman–Crippen MR) is 74.4 cm³/mol. The molecule has 1 heterocycles. The van der Waals surface area contributed by atoms with E-state index in [9.17, 15) is 4.39 Å². The van der Waals surface area contributed by atoms with Gasteiger partial charge in [-0.05, 0) is 18.9 Å². The number of halogens is 2. The van der Waals surface area contributed by atoms with Gasteiger partial charge in [0.25, 0.3) is 0 Å². The molecule has 1 aliphatic heterocycles. The first-order valence-corrected chi connectivity index (χ1v) is 7.58. The lowest BCUT2D eigenvalue weighted by molar-refractivity contribution is 0.118. The summed E-state index contributed by atoms with van der Waals surface area (Å²) in [6.45, 7) is 3.31. The number of hydrogen-bond donors (Lipinski definition) is 0. The van der Waals surface area contributed by atoms with Crippen molar-refractivity contribution in [2.45, 2.75) is 35.5 Å². The number of hydrogen-bond acceptors (Lipinski definition) is 2. The summed E-state index contributed by atoms with van der Waals surface area (Å²) in [6, 6.07) is 8.30. The van der Waals surface area contributed by atoms with Gasteiger partial charge in [-0.2, -0.15) is 0 Å². The van der Waals surface area contributed by atoms with Crippen molar-refractivity contribution in [3.8, 4) is 0 Å². The molecular weight excluding hydrogens is 303 g/mol. The molecule has 0 N–H and O–H groups in total. The molecule has 0 bridgehead atoms. The third-order valence-corrected chi connectivity index (χ3v) is 5.28. The Bertz CT molecular complexity index is 347. The van der Waals surface area contributed by atoms with Crippen LogP contribution in [0.25, 0.3) is 0 Å². The van der Waals surface area contributed by atoms with E-state index in [0.29, 0.717) is 19.6 Å². The van der Waals surface area contributed by atoms with Crippen molar-refractivity contribution < 1.29 is 9.13 Å². The zero-order valence-corrected chi connectivity index (χ0v) is 12.1. The highest BCUT2D eigenvalue weighted by Crippen LogP contribution is 2.39. The highest BCUT2D eigenvalue weighted by Gasteiger charge is 2.33. The summed E-state index contributed by atoms with van der Waals surface area (Å²) in [5.74, 6) is 0. The van der Waals surface area contributed by atoms with Crippen molar-refractivity contribution in [3.63, 3.8) is 0 Å². The van der Waals surface area contributed by atoms with Gasteiger partial charge in [-0.25, -0.2) is 4.39 Å². The Morgan fingerprint density at radius 3 is 2.71 bits per heavy atom. The lowest BCUT2D eigenvalue weighted by Gasteiger charge is -2.09. The molecule has 0 aromatic heterocycles. The van der Waals surface area contributed by atoms with Gasteiger partial charge in [-0.1, -0.05) is 45.8 Å². The Kier molecular flexibility index (Phi) is 4.88. The molecule has 1 aliphatic rings. The number of rotatable bonds is 4. The molecule has 1 aromatic carbocycles. The molecule has 3 atom stereocenters. The van der Waals surface area contributed by atoms with Crippen LogP contribution >= 0.6 is 27.7 Å². The third kappa shape index (κ3) is 3.97. The quantitative estimate of drug-likeness (QED) is 0.774. The monoisotopic (exact) mass is 318 g/mol. The van der Waals surface area contributed by atoms with Crippen LogP contribution in [-0.4, -0.2) is 22.2 Å². The van der Waals surface area contributed by atoms with Crippen molar-refractivity contribution in [2.75, 3.05) is 6.61 Å². The Morgan fingerprint density at radius 1 is 1.41 bits per heavy atom. The highest BCUT2D eigenvalue weighted by molar-refractivity contribution is 9.11. The Hall–Kier alpha value is -0.0600. The van der Waals surface area contributed by atoms with Gasteiger partial charge in [0.1, 0.15) is 6.17 Å². The molecule has 17 heavy (non-hydrogen) atoms. The van der Waals surface area contributed by atoms with Gasteiger partial charge in [0, 0.05) is 5.25 Å². The molecule has 0 spiro atoms. The first kappa shape index (κ1) is 13.4. The summed E-state index contributed by atoms with van der Waals surface area (Å²) in [7, 11) is 0. The predicted octanol–water partition coefficient (Wildman–Crippen LogP) is 4.08. The van der Waals surface area contributed by atoms with Crippen molar-refractivity contribution in [1.82, 2.24) is 0 Å². The van der Waals surface area contributed by atoms with Crippen molar-refractivity contribution >= 4 is 27.7 Å². The van der Waals surface area contributed by atoms with E-state index in [1.807, 2.05) is 0 Å². The van der Waals surface area contributed by atoms with Gasteiger partial charge in [0.15, 0.2) is 0 Å². The number of thioether (sulfide) groups is 1. The van der Waals surface area contributed by atoms with Crippen LogP contribution in [-0.2, 0) is 11.3 Å². The largest absolute Gasteiger partial charge is 0.376 e. The second-order valence-electron chi connectivity index (χ2n) is 4.36. The van der Waals surface area contributed by atoms with E-state index in [1.54, 1.807) is 11.8 Å². The average Bonchev–Trinajstić information content (AvgIpc) is 2.61. The Labute approximate surface area is 114 Å². The van der Waals surface area contributed by atoms with E-state index in [0.717, 1.165) is 0 Å². The van der Waals surface area contributed by atoms with Crippen LogP contribution in [0.3, 0.4) is 0 Å². The second kappa shape index (κ2) is 6.21. The smallest absolute Gasteiger partial charge is 0.123 e. The van der Waals surface area contributed by atoms with Crippen molar-refractivity contribution in [3.05, 3.63) is 35.4 Å². The summed E-state index contributed by atoms with van der Waals surface area (Å²) in [5, 5.41) is 0.278. The lowest BCUT2D eigenvalue weighted by Crippen LogP contribution is -2.10. The highest BCUT2D eigenvalue weighted by atomic mass is 79.9. The van der Waals surface area contributed by atoms with E-state index >= 15 is 0 Å². The van der Waals surface area contributed by atoms with E-state index in [2.05, 4.69) is 47.1 Å². The van der Waals surface area contributed by atoms with Crippen LogP contribution in [0, 0.1) is 6.92 Å². The Balaban J connectivity index is 1.71. The van der Waals surface area contributed by atoms with E-state index < -0.39 is 6.17 Å². The molecule has 94 valence electrons. The summed E-state index contributed by atoms with van der Waals surface area (Å²) in [6.07, 6.45) is -0.151. The fourth-order valence-electron chi connectivity index (χ4n) is 1.78. The van der Waals surface area contributed by atoms with Crippen LogP contribution in [0.4, 0.5) is 4.39 Å². The van der Waals surface area contributed by atoms with Crippen LogP contribution in [0.1, 0.15) is 17.5 Å². The summed E-state index contributed by atoms with van der Waals surface area (Å²) in [4.78, 5) is 0. The zero-order chi connectivity index (χ0) is 12.3. The first-order chi connectivity index (χ1) is 8.15. The number of alkyl halides is 2. The van der Waals surface area contributed by atoms with Gasteiger partial charge < -0.3 is 4.74 Å². The van der Waals surface area contributed by atoms with E-state index in [4.69, 9.17) is 4.74 Å². The molecule has 0 amide bonds. The van der Waals surface area contributed by atoms with Gasteiger partial charge in [-0.15, -0.1) is 11.8 Å². The number of aryl methyl sites for hydroxylation is 1. The summed E-state index contributed by atoms with van der Waals surface area (Å²) in [5.41, 5.74) is 2.42. The normalized spacial score (nSPS) is 28.5. The van der Waals surface area contributed by atoms with Crippen LogP contribution in [0.15, 0.2) is 24.3 Å². The van der Waals surface area contributed by atoms with Crippen LogP contribution in [0.2, 0.25) is 0 Å². The molecule has 1 aromatic rings. The molecule has 1 saturated heterocycles. The van der Waals surface area contributed by atoms with E-state index in [1.165, 1.54) is 11.1 Å². The van der Waals surface area contributed by atoms with Crippen molar-refractivity contribution in [2.24, 2.45) is 0 Å². The first-order valence-electron chi connectivity index (χ1n) is 5.72. The van der Waals surface area contributed by atoms with Crippen LogP contribution in [0.5, 0.6) is 0 Å². The SMILES string of the molecule is Cc1ccc(COCC2CC(F)C(Br)S2)cc1. The van der Waals surface area contributed by atoms with Gasteiger partial charge in [0.05, 0.1) is 17.4 Å². The average molecular weight is 319 g/mol. The lowest BCUT2D eigenvalue weighted by atomic mass is 10.2. The molecule has 0 saturated carbocycles. The minimum Gasteiger partial charge on any atom is -0.376 e. The summed E-state index contributed by atoms with van der Waals surface area (Å²) < 4.78 is 18.8. The summed E-state index contributed by atoms with van der Waals surface area (Å²) >= 11 is 4.95. The van der Waals surface area contributed by atoms with Crippen LogP contribution < -0.4 is 0 Å². The molecule has 2 rings (SSSR count). The molecular formula is C13H16BrFOS. The fraction of sp³-hybridized carbons (Fsp3) is 0.538. The standard InChI is InChI=1S/C13H16BrFOS/c1-9-2-4-10(5-3-9)7-16-8-11-6-12(15)13(14)17-11/h2-5,11-13H,6-8H2,1H3.